The molecular formula is C29H38N6O5. The second-order valence-electron chi connectivity index (χ2n) is 10.4. The van der Waals surface area contributed by atoms with Crippen molar-refractivity contribution in [3.63, 3.8) is 0 Å². The molecule has 0 aliphatic carbocycles. The Morgan fingerprint density at radius 3 is 2.58 bits per heavy atom. The fourth-order valence-electron chi connectivity index (χ4n) is 4.04. The number of hydrogen-bond donors (Lipinski definition) is 2. The standard InChI is InChI=1S/C29H38N6O5/c1-19(2)16-20-13-14-30-23-17-21(31-26(20)23)18-35-15-9-10-22(28(35)38)32-27(37)24(40-29(39)34(5)6)11-7-8-12-25(36)33(3)4/h8-10,12-15,17,19,24,31H,7,11,16,18H2,1-6H3,(H,32,37)/b12-8+. The second-order valence-corrected chi connectivity index (χ2v) is 10.4. The molecule has 1 atom stereocenters. The molecule has 0 fully saturated rings. The molecule has 0 aliphatic rings. The normalized spacial score (nSPS) is 12.1. The van der Waals surface area contributed by atoms with Gasteiger partial charge in [0.15, 0.2) is 6.10 Å². The Morgan fingerprint density at radius 2 is 1.90 bits per heavy atom. The Balaban J connectivity index is 1.77. The van der Waals surface area contributed by atoms with Crippen LogP contribution in [0.4, 0.5) is 10.5 Å². The number of carbonyl (C=O) groups is 3. The number of pyridine rings is 2. The van der Waals surface area contributed by atoms with Gasteiger partial charge < -0.3 is 29.4 Å². The van der Waals surface area contributed by atoms with E-state index in [-0.39, 0.29) is 24.6 Å². The summed E-state index contributed by atoms with van der Waals surface area (Å²) in [5, 5.41) is 2.62. The Kier molecular flexibility index (Phi) is 10.2. The van der Waals surface area contributed by atoms with Crippen LogP contribution < -0.4 is 10.9 Å². The van der Waals surface area contributed by atoms with Crippen molar-refractivity contribution in [3.05, 3.63) is 70.4 Å². The van der Waals surface area contributed by atoms with Crippen molar-refractivity contribution < 1.29 is 19.1 Å². The van der Waals surface area contributed by atoms with Crippen molar-refractivity contribution >= 4 is 34.6 Å². The number of nitrogens with one attached hydrogen (secondary N) is 2. The minimum absolute atomic E-state index is 0.0615. The lowest BCUT2D eigenvalue weighted by Gasteiger charge is -2.19. The number of H-pyrrole nitrogens is 1. The number of likely N-dealkylation sites (N-methyl/N-ethyl adjacent to an activating group) is 1. The van der Waals surface area contributed by atoms with Crippen LogP contribution in [0.25, 0.3) is 11.0 Å². The molecule has 3 amide bonds. The predicted octanol–water partition coefficient (Wildman–Crippen LogP) is 3.40. The van der Waals surface area contributed by atoms with Gasteiger partial charge in [-0.15, -0.1) is 0 Å². The van der Waals surface area contributed by atoms with E-state index in [1.54, 1.807) is 38.6 Å². The molecule has 0 spiro atoms. The predicted molar refractivity (Wildman–Crippen MR) is 154 cm³/mol. The maximum absolute atomic E-state index is 13.2. The lowest BCUT2D eigenvalue weighted by Crippen LogP contribution is -2.37. The average molecular weight is 551 g/mol. The summed E-state index contributed by atoms with van der Waals surface area (Å²) in [5.74, 6) is -0.346. The summed E-state index contributed by atoms with van der Waals surface area (Å²) in [6.07, 6.45) is 5.92. The van der Waals surface area contributed by atoms with Crippen LogP contribution in [0.15, 0.2) is 53.6 Å². The van der Waals surface area contributed by atoms with Gasteiger partial charge in [0.25, 0.3) is 11.5 Å². The zero-order valence-corrected chi connectivity index (χ0v) is 23.9. The lowest BCUT2D eigenvalue weighted by molar-refractivity contribution is -0.125. The second kappa shape index (κ2) is 13.6. The highest BCUT2D eigenvalue weighted by Gasteiger charge is 2.24. The molecule has 0 saturated carbocycles. The summed E-state index contributed by atoms with van der Waals surface area (Å²) in [6, 6.07) is 7.09. The molecule has 11 heteroatoms. The Labute approximate surface area is 233 Å². The SMILES string of the molecule is CC(C)Cc1ccnc2cc(Cn3cccc(NC(=O)C(CC/C=C/C(=O)N(C)C)OC(=O)N(C)C)c3=O)[nH]c12. The van der Waals surface area contributed by atoms with Gasteiger partial charge >= 0.3 is 6.09 Å². The minimum atomic E-state index is -1.17. The van der Waals surface area contributed by atoms with E-state index in [0.29, 0.717) is 12.3 Å². The average Bonchev–Trinajstić information content (AvgIpc) is 3.31. The third kappa shape index (κ3) is 8.05. The number of ether oxygens (including phenoxy) is 1. The van der Waals surface area contributed by atoms with Crippen LogP contribution in [0.3, 0.4) is 0 Å². The molecule has 2 N–H and O–H groups in total. The van der Waals surface area contributed by atoms with Gasteiger partial charge in [0.2, 0.25) is 5.91 Å². The number of allylic oxidation sites excluding steroid dienone is 1. The maximum Gasteiger partial charge on any atom is 0.410 e. The van der Waals surface area contributed by atoms with Gasteiger partial charge in [0.1, 0.15) is 5.69 Å². The molecular weight excluding hydrogens is 512 g/mol. The quantitative estimate of drug-likeness (QED) is 0.352. The Hall–Kier alpha value is -4.41. The van der Waals surface area contributed by atoms with E-state index in [9.17, 15) is 19.2 Å². The molecule has 11 nitrogen and oxygen atoms in total. The highest BCUT2D eigenvalue weighted by Crippen LogP contribution is 2.20. The fourth-order valence-corrected chi connectivity index (χ4v) is 4.04. The molecule has 214 valence electrons. The van der Waals surface area contributed by atoms with Gasteiger partial charge in [-0.2, -0.15) is 0 Å². The third-order valence-electron chi connectivity index (χ3n) is 6.11. The van der Waals surface area contributed by atoms with E-state index in [1.165, 1.54) is 46.2 Å². The van der Waals surface area contributed by atoms with Crippen LogP contribution >= 0.6 is 0 Å². The van der Waals surface area contributed by atoms with E-state index >= 15 is 0 Å². The first kappa shape index (κ1) is 30.1. The first-order chi connectivity index (χ1) is 19.0. The fraction of sp³-hybridized carbons (Fsp3) is 0.414. The molecule has 40 heavy (non-hydrogen) atoms. The molecule has 0 radical (unpaired) electrons. The monoisotopic (exact) mass is 550 g/mol. The van der Waals surface area contributed by atoms with Gasteiger partial charge in [-0.1, -0.05) is 19.9 Å². The van der Waals surface area contributed by atoms with Crippen LogP contribution in [0.2, 0.25) is 0 Å². The van der Waals surface area contributed by atoms with E-state index < -0.39 is 23.7 Å². The zero-order valence-electron chi connectivity index (χ0n) is 23.9. The van der Waals surface area contributed by atoms with Crippen molar-refractivity contribution in [2.24, 2.45) is 5.92 Å². The maximum atomic E-state index is 13.2. The van der Waals surface area contributed by atoms with Crippen molar-refractivity contribution in [1.82, 2.24) is 24.3 Å². The molecule has 3 heterocycles. The smallest absolute Gasteiger partial charge is 0.410 e. The van der Waals surface area contributed by atoms with Crippen molar-refractivity contribution in [2.45, 2.75) is 45.8 Å². The van der Waals surface area contributed by atoms with Gasteiger partial charge in [0.05, 0.1) is 17.6 Å². The van der Waals surface area contributed by atoms with Gasteiger partial charge in [-0.3, -0.25) is 19.4 Å². The highest BCUT2D eigenvalue weighted by atomic mass is 16.6. The highest BCUT2D eigenvalue weighted by molar-refractivity contribution is 5.95. The lowest BCUT2D eigenvalue weighted by atomic mass is 10.0. The number of amides is 3. The van der Waals surface area contributed by atoms with Gasteiger partial charge in [-0.05, 0) is 61.1 Å². The van der Waals surface area contributed by atoms with Crippen molar-refractivity contribution in [2.75, 3.05) is 33.5 Å². The van der Waals surface area contributed by atoms with Crippen molar-refractivity contribution in [1.29, 1.82) is 0 Å². The van der Waals surface area contributed by atoms with Crippen LogP contribution in [0.1, 0.15) is 37.9 Å². The first-order valence-electron chi connectivity index (χ1n) is 13.2. The number of rotatable bonds is 11. The molecule has 3 aromatic rings. The third-order valence-corrected chi connectivity index (χ3v) is 6.11. The number of carbonyl (C=O) groups excluding carboxylic acids is 3. The summed E-state index contributed by atoms with van der Waals surface area (Å²) in [7, 11) is 6.28. The molecule has 0 aliphatic heterocycles. The Bertz CT molecular complexity index is 1440. The molecule has 3 aromatic heterocycles. The van der Waals surface area contributed by atoms with Crippen molar-refractivity contribution in [3.8, 4) is 0 Å². The minimum Gasteiger partial charge on any atom is -0.436 e. The summed E-state index contributed by atoms with van der Waals surface area (Å²) >= 11 is 0. The summed E-state index contributed by atoms with van der Waals surface area (Å²) in [6.45, 7) is 4.57. The first-order valence-corrected chi connectivity index (χ1v) is 13.2. The number of aromatic amines is 1. The van der Waals surface area contributed by atoms with Crippen LogP contribution in [0.5, 0.6) is 0 Å². The number of aromatic nitrogens is 3. The number of fused-ring (bicyclic) bond motifs is 1. The van der Waals surface area contributed by atoms with E-state index in [2.05, 4.69) is 29.1 Å². The van der Waals surface area contributed by atoms with E-state index in [1.807, 2.05) is 12.1 Å². The summed E-state index contributed by atoms with van der Waals surface area (Å²) in [4.78, 5) is 60.8. The number of nitrogens with zero attached hydrogens (tertiary/aromatic N) is 4. The largest absolute Gasteiger partial charge is 0.436 e. The van der Waals surface area contributed by atoms with Gasteiger partial charge in [0, 0.05) is 46.3 Å². The van der Waals surface area contributed by atoms with Crippen LogP contribution in [-0.2, 0) is 27.3 Å². The van der Waals surface area contributed by atoms with Crippen LogP contribution in [-0.4, -0.2) is 76.5 Å². The zero-order chi connectivity index (χ0) is 29.4. The molecule has 0 bridgehead atoms. The molecule has 0 aromatic carbocycles. The summed E-state index contributed by atoms with van der Waals surface area (Å²) in [5.41, 5.74) is 3.42. The number of hydrogen-bond acceptors (Lipinski definition) is 6. The molecule has 3 rings (SSSR count). The Morgan fingerprint density at radius 1 is 1.15 bits per heavy atom. The molecule has 0 saturated heterocycles. The summed E-state index contributed by atoms with van der Waals surface area (Å²) < 4.78 is 6.85. The number of anilines is 1. The van der Waals surface area contributed by atoms with Gasteiger partial charge in [-0.25, -0.2) is 4.79 Å². The topological polar surface area (TPSA) is 130 Å². The van der Waals surface area contributed by atoms with E-state index in [0.717, 1.165) is 23.1 Å². The van der Waals surface area contributed by atoms with E-state index in [4.69, 9.17) is 4.74 Å². The van der Waals surface area contributed by atoms with Crippen LogP contribution in [0, 0.1) is 5.92 Å². The molecule has 1 unspecified atom stereocenters.